The molecule has 0 radical (unpaired) electrons. The third kappa shape index (κ3) is 7.33. The maximum Gasteiger partial charge on any atom is 0.313 e. The fourth-order valence-electron chi connectivity index (χ4n) is 0.462. The first-order valence-corrected chi connectivity index (χ1v) is 3.75. The molecule has 3 nitrogen and oxygen atoms in total. The van der Waals surface area contributed by atoms with Gasteiger partial charge in [0.05, 0.1) is 5.38 Å². The number of hydrogen-bond acceptors (Lipinski definition) is 3. The first-order valence-electron chi connectivity index (χ1n) is 3.31. The molecule has 0 aromatic rings. The van der Waals surface area contributed by atoms with Crippen LogP contribution in [0.15, 0.2) is 0 Å². The van der Waals surface area contributed by atoms with Crippen molar-refractivity contribution in [3.8, 4) is 0 Å². The molecule has 0 heterocycles. The molecular weight excluding hydrogens is 168 g/mol. The predicted molar refractivity (Wildman–Crippen MR) is 41.6 cm³/mol. The second-order valence-corrected chi connectivity index (χ2v) is 3.09. The summed E-state index contributed by atoms with van der Waals surface area (Å²) in [6, 6.07) is 0. The van der Waals surface area contributed by atoms with E-state index in [1.807, 2.05) is 0 Å². The van der Waals surface area contributed by atoms with Crippen LogP contribution in [0.2, 0.25) is 0 Å². The molecular formula is C7H11ClO3. The quantitative estimate of drug-likeness (QED) is 0.368. The molecule has 0 aliphatic heterocycles. The highest BCUT2D eigenvalue weighted by Gasteiger charge is 2.07. The minimum Gasteiger partial charge on any atom is -0.464 e. The van der Waals surface area contributed by atoms with Crippen LogP contribution in [-0.4, -0.2) is 23.7 Å². The average Bonchev–Trinajstić information content (AvgIpc) is 1.82. The van der Waals surface area contributed by atoms with Gasteiger partial charge in [0.15, 0.2) is 0 Å². The van der Waals surface area contributed by atoms with Gasteiger partial charge in [-0.1, -0.05) is 0 Å². The molecule has 0 aromatic carbocycles. The van der Waals surface area contributed by atoms with E-state index >= 15 is 0 Å². The van der Waals surface area contributed by atoms with Crippen molar-refractivity contribution in [2.24, 2.45) is 0 Å². The van der Waals surface area contributed by atoms with Crippen LogP contribution in [0, 0.1) is 0 Å². The van der Waals surface area contributed by atoms with E-state index in [9.17, 15) is 9.59 Å². The maximum absolute atomic E-state index is 10.7. The van der Waals surface area contributed by atoms with Crippen molar-refractivity contribution in [3.63, 3.8) is 0 Å². The highest BCUT2D eigenvalue weighted by Crippen LogP contribution is 1.95. The Hall–Kier alpha value is -0.570. The van der Waals surface area contributed by atoms with Gasteiger partial charge < -0.3 is 4.74 Å². The Morgan fingerprint density at radius 3 is 2.45 bits per heavy atom. The Bertz CT molecular complexity index is 154. The molecule has 1 atom stereocenters. The zero-order valence-corrected chi connectivity index (χ0v) is 7.35. The van der Waals surface area contributed by atoms with Gasteiger partial charge in [0, 0.05) is 0 Å². The number of carbonyl (C=O) groups excluding carboxylic acids is 2. The first kappa shape index (κ1) is 10.4. The van der Waals surface area contributed by atoms with E-state index in [-0.39, 0.29) is 24.2 Å². The lowest BCUT2D eigenvalue weighted by Crippen LogP contribution is -2.13. The van der Waals surface area contributed by atoms with Crippen molar-refractivity contribution in [3.05, 3.63) is 0 Å². The number of hydrogen-bond donors (Lipinski definition) is 0. The van der Waals surface area contributed by atoms with E-state index in [1.54, 1.807) is 6.92 Å². The predicted octanol–water partition coefficient (Wildman–Crippen LogP) is 1.14. The lowest BCUT2D eigenvalue weighted by molar-refractivity contribution is -0.145. The van der Waals surface area contributed by atoms with E-state index in [1.165, 1.54) is 6.92 Å². The number of esters is 1. The van der Waals surface area contributed by atoms with Crippen LogP contribution < -0.4 is 0 Å². The van der Waals surface area contributed by atoms with Gasteiger partial charge in [0.25, 0.3) is 0 Å². The van der Waals surface area contributed by atoms with E-state index in [2.05, 4.69) is 4.74 Å². The van der Waals surface area contributed by atoms with Gasteiger partial charge in [-0.2, -0.15) is 0 Å². The molecule has 0 N–H and O–H groups in total. The molecule has 11 heavy (non-hydrogen) atoms. The molecule has 0 spiro atoms. The van der Waals surface area contributed by atoms with Crippen molar-refractivity contribution in [1.82, 2.24) is 0 Å². The largest absolute Gasteiger partial charge is 0.464 e. The van der Waals surface area contributed by atoms with E-state index in [4.69, 9.17) is 11.6 Å². The van der Waals surface area contributed by atoms with Crippen LogP contribution in [-0.2, 0) is 14.3 Å². The van der Waals surface area contributed by atoms with E-state index in [0.717, 1.165) is 0 Å². The molecule has 0 aromatic heterocycles. The summed E-state index contributed by atoms with van der Waals surface area (Å²) in [7, 11) is 0. The summed E-state index contributed by atoms with van der Waals surface area (Å²) >= 11 is 5.50. The zero-order chi connectivity index (χ0) is 8.85. The number of halogens is 1. The molecule has 1 unspecified atom stereocenters. The summed E-state index contributed by atoms with van der Waals surface area (Å²) in [5, 5.41) is -0.203. The molecule has 0 amide bonds. The molecule has 64 valence electrons. The van der Waals surface area contributed by atoms with Gasteiger partial charge in [-0.05, 0) is 13.8 Å². The molecule has 0 saturated heterocycles. The summed E-state index contributed by atoms with van der Waals surface area (Å²) < 4.78 is 4.62. The highest BCUT2D eigenvalue weighted by molar-refractivity contribution is 6.20. The van der Waals surface area contributed by atoms with Crippen molar-refractivity contribution < 1.29 is 14.3 Å². The minimum absolute atomic E-state index is 0.160. The lowest BCUT2D eigenvalue weighted by Gasteiger charge is -2.03. The van der Waals surface area contributed by atoms with Crippen LogP contribution in [0.5, 0.6) is 0 Å². The summed E-state index contributed by atoms with van der Waals surface area (Å²) in [5.41, 5.74) is 0. The lowest BCUT2D eigenvalue weighted by atomic mass is 10.3. The van der Waals surface area contributed by atoms with Gasteiger partial charge in [-0.3, -0.25) is 9.59 Å². The molecule has 0 rings (SSSR count). The fraction of sp³-hybridized carbons (Fsp3) is 0.714. The first-order chi connectivity index (χ1) is 5.02. The van der Waals surface area contributed by atoms with Gasteiger partial charge in [0.2, 0.25) is 0 Å². The average molecular weight is 179 g/mol. The van der Waals surface area contributed by atoms with Crippen LogP contribution in [0.4, 0.5) is 0 Å². The van der Waals surface area contributed by atoms with Crippen LogP contribution in [0.1, 0.15) is 20.3 Å². The molecule has 0 aliphatic carbocycles. The van der Waals surface area contributed by atoms with E-state index < -0.39 is 5.97 Å². The molecule has 0 saturated carbocycles. The maximum atomic E-state index is 10.7. The Balaban J connectivity index is 3.46. The Kier molecular flexibility index (Phi) is 4.86. The highest BCUT2D eigenvalue weighted by atomic mass is 35.5. The number of carbonyl (C=O) groups is 2. The van der Waals surface area contributed by atoms with Crippen molar-refractivity contribution in [2.75, 3.05) is 6.61 Å². The van der Waals surface area contributed by atoms with Gasteiger partial charge in [-0.15, -0.1) is 11.6 Å². The monoisotopic (exact) mass is 178 g/mol. The number of rotatable bonds is 4. The summed E-state index contributed by atoms with van der Waals surface area (Å²) in [6.45, 7) is 3.21. The zero-order valence-electron chi connectivity index (χ0n) is 6.59. The van der Waals surface area contributed by atoms with Crippen molar-refractivity contribution in [2.45, 2.75) is 25.6 Å². The van der Waals surface area contributed by atoms with Crippen LogP contribution in [0.25, 0.3) is 0 Å². The second kappa shape index (κ2) is 5.13. The summed E-state index contributed by atoms with van der Waals surface area (Å²) in [5.74, 6) is -0.706. The fourth-order valence-corrected chi connectivity index (χ4v) is 0.525. The topological polar surface area (TPSA) is 43.4 Å². The number of ether oxygens (including phenoxy) is 1. The van der Waals surface area contributed by atoms with Crippen molar-refractivity contribution in [1.29, 1.82) is 0 Å². The minimum atomic E-state index is -0.509. The third-order valence-corrected chi connectivity index (χ3v) is 0.993. The second-order valence-electron chi connectivity index (χ2n) is 2.34. The summed E-state index contributed by atoms with van der Waals surface area (Å²) in [4.78, 5) is 21.0. The smallest absolute Gasteiger partial charge is 0.313 e. The number of ketones is 1. The van der Waals surface area contributed by atoms with E-state index in [0.29, 0.717) is 0 Å². The molecule has 4 heteroatoms. The normalized spacial score (nSPS) is 12.3. The Morgan fingerprint density at radius 1 is 1.55 bits per heavy atom. The number of Topliss-reactive ketones (excluding diaryl/α,β-unsaturated/α-hetero) is 1. The Labute approximate surface area is 70.7 Å². The Morgan fingerprint density at radius 2 is 2.09 bits per heavy atom. The SMILES string of the molecule is CC(=O)CC(=O)OCC(C)Cl. The van der Waals surface area contributed by atoms with Gasteiger partial charge in [-0.25, -0.2) is 0 Å². The summed E-state index contributed by atoms with van der Waals surface area (Å²) in [6.07, 6.45) is -0.163. The van der Waals surface area contributed by atoms with Crippen LogP contribution >= 0.6 is 11.6 Å². The third-order valence-electron chi connectivity index (χ3n) is 0.867. The number of alkyl halides is 1. The van der Waals surface area contributed by atoms with Crippen LogP contribution in [0.3, 0.4) is 0 Å². The molecule has 0 aliphatic rings. The molecule has 0 fully saturated rings. The standard InChI is InChI=1S/C7H11ClO3/c1-5(8)4-11-7(10)3-6(2)9/h5H,3-4H2,1-2H3. The molecule has 0 bridgehead atoms. The van der Waals surface area contributed by atoms with Crippen molar-refractivity contribution >= 4 is 23.4 Å². The van der Waals surface area contributed by atoms with Gasteiger partial charge in [0.1, 0.15) is 18.8 Å². The van der Waals surface area contributed by atoms with Gasteiger partial charge >= 0.3 is 5.97 Å².